The summed E-state index contributed by atoms with van der Waals surface area (Å²) >= 11 is 1.29. The molecule has 1 heterocycles. The van der Waals surface area contributed by atoms with Gasteiger partial charge in [-0.1, -0.05) is 0 Å². The number of anilines is 1. The van der Waals surface area contributed by atoms with Gasteiger partial charge in [-0.05, 0) is 25.1 Å². The quantitative estimate of drug-likeness (QED) is 0.697. The molecule has 0 saturated carbocycles. The minimum Gasteiger partial charge on any atom is -0.398 e. The Morgan fingerprint density at radius 1 is 1.40 bits per heavy atom. The van der Waals surface area contributed by atoms with Gasteiger partial charge in [0.15, 0.2) is 5.78 Å². The van der Waals surface area contributed by atoms with Crippen LogP contribution >= 0.6 is 11.3 Å². The van der Waals surface area contributed by atoms with Gasteiger partial charge in [-0.25, -0.2) is 4.98 Å². The van der Waals surface area contributed by atoms with Crippen molar-refractivity contribution in [2.75, 3.05) is 5.73 Å². The molecule has 0 spiro atoms. The molecule has 0 aliphatic rings. The largest absolute Gasteiger partial charge is 0.416 e. The van der Waals surface area contributed by atoms with Crippen molar-refractivity contribution < 1.29 is 18.0 Å². The van der Waals surface area contributed by atoms with Gasteiger partial charge in [0.05, 0.1) is 12.0 Å². The number of nitrogens with two attached hydrogens (primary N) is 1. The Kier molecular flexibility index (Phi) is 3.80. The number of halogens is 3. The second kappa shape index (κ2) is 5.24. The topological polar surface area (TPSA) is 56.0 Å². The normalized spacial score (nSPS) is 11.6. The molecule has 0 aliphatic carbocycles. The molecule has 7 heteroatoms. The fourth-order valence-corrected chi connectivity index (χ4v) is 2.46. The van der Waals surface area contributed by atoms with E-state index in [2.05, 4.69) is 4.98 Å². The average molecular weight is 300 g/mol. The molecule has 0 unspecified atom stereocenters. The number of aryl methyl sites for hydroxylation is 1. The molecule has 1 aromatic carbocycles. The van der Waals surface area contributed by atoms with Gasteiger partial charge < -0.3 is 5.73 Å². The molecular formula is C13H11F3N2OS. The van der Waals surface area contributed by atoms with Crippen LogP contribution in [0.15, 0.2) is 23.6 Å². The Balaban J connectivity index is 2.29. The smallest absolute Gasteiger partial charge is 0.398 e. The second-order valence-corrected chi connectivity index (χ2v) is 5.23. The first-order valence-corrected chi connectivity index (χ1v) is 6.56. The molecule has 106 valence electrons. The fourth-order valence-electron chi connectivity index (χ4n) is 1.69. The van der Waals surface area contributed by atoms with E-state index in [0.717, 1.165) is 23.9 Å². The maximum absolute atomic E-state index is 12.6. The van der Waals surface area contributed by atoms with E-state index < -0.39 is 17.5 Å². The Hall–Kier alpha value is -1.89. The molecule has 2 aromatic rings. The maximum Gasteiger partial charge on any atom is 0.416 e. The van der Waals surface area contributed by atoms with Crippen LogP contribution in [0.5, 0.6) is 0 Å². The molecule has 1 aromatic heterocycles. The van der Waals surface area contributed by atoms with Crippen molar-refractivity contribution in [3.8, 4) is 0 Å². The highest BCUT2D eigenvalue weighted by molar-refractivity contribution is 7.09. The van der Waals surface area contributed by atoms with Crippen molar-refractivity contribution >= 4 is 22.8 Å². The summed E-state index contributed by atoms with van der Waals surface area (Å²) < 4.78 is 37.9. The van der Waals surface area contributed by atoms with Gasteiger partial charge in [0.25, 0.3) is 0 Å². The number of aromatic nitrogens is 1. The van der Waals surface area contributed by atoms with Crippen LogP contribution in [-0.4, -0.2) is 10.8 Å². The zero-order chi connectivity index (χ0) is 14.9. The summed E-state index contributed by atoms with van der Waals surface area (Å²) in [6.45, 7) is 1.78. The number of benzene rings is 1. The van der Waals surface area contributed by atoms with Gasteiger partial charge in [0.1, 0.15) is 5.01 Å². The Labute approximate surface area is 117 Å². The third-order valence-corrected chi connectivity index (χ3v) is 3.63. The molecular weight excluding hydrogens is 289 g/mol. The number of thiazole rings is 1. The molecule has 2 rings (SSSR count). The maximum atomic E-state index is 12.6. The summed E-state index contributed by atoms with van der Waals surface area (Å²) in [5.41, 5.74) is 5.40. The molecule has 20 heavy (non-hydrogen) atoms. The van der Waals surface area contributed by atoms with Gasteiger partial charge in [-0.3, -0.25) is 4.79 Å². The van der Waals surface area contributed by atoms with E-state index in [4.69, 9.17) is 5.73 Å². The first kappa shape index (κ1) is 14.5. The number of ketones is 1. The molecule has 0 atom stereocenters. The van der Waals surface area contributed by atoms with E-state index in [1.54, 1.807) is 12.3 Å². The van der Waals surface area contributed by atoms with Gasteiger partial charge in [0.2, 0.25) is 0 Å². The van der Waals surface area contributed by atoms with E-state index in [9.17, 15) is 18.0 Å². The van der Waals surface area contributed by atoms with Crippen LogP contribution in [0.1, 0.15) is 26.6 Å². The second-order valence-electron chi connectivity index (χ2n) is 4.28. The van der Waals surface area contributed by atoms with E-state index in [0.29, 0.717) is 5.01 Å². The van der Waals surface area contributed by atoms with Gasteiger partial charge in [0, 0.05) is 22.3 Å². The van der Waals surface area contributed by atoms with Crippen molar-refractivity contribution in [1.29, 1.82) is 0 Å². The van der Waals surface area contributed by atoms with Crippen LogP contribution in [0.3, 0.4) is 0 Å². The van der Waals surface area contributed by atoms with E-state index in [1.807, 2.05) is 0 Å². The molecule has 0 radical (unpaired) electrons. The summed E-state index contributed by atoms with van der Waals surface area (Å²) in [7, 11) is 0. The van der Waals surface area contributed by atoms with E-state index in [1.165, 1.54) is 11.3 Å². The summed E-state index contributed by atoms with van der Waals surface area (Å²) in [6, 6.07) is 2.75. The number of hydrogen-bond donors (Lipinski definition) is 1. The minimum absolute atomic E-state index is 0.0382. The number of rotatable bonds is 3. The predicted octanol–water partition coefficient (Wildman–Crippen LogP) is 3.48. The van der Waals surface area contributed by atoms with E-state index in [-0.39, 0.29) is 17.7 Å². The van der Waals surface area contributed by atoms with Crippen LogP contribution < -0.4 is 5.73 Å². The van der Waals surface area contributed by atoms with Crippen LogP contribution in [0.4, 0.5) is 18.9 Å². The SMILES string of the molecule is Cc1csc(CC(=O)c2cc(C(F)(F)F)ccc2N)n1. The summed E-state index contributed by atoms with van der Waals surface area (Å²) in [4.78, 5) is 16.2. The molecule has 0 bridgehead atoms. The average Bonchev–Trinajstić information content (AvgIpc) is 2.73. The standard InChI is InChI=1S/C13H11F3N2OS/c1-7-6-20-12(18-7)5-11(19)9-4-8(13(14,15)16)2-3-10(9)17/h2-4,6H,5,17H2,1H3. The number of alkyl halides is 3. The summed E-state index contributed by atoms with van der Waals surface area (Å²) in [5.74, 6) is -0.469. The molecule has 0 amide bonds. The molecule has 0 aliphatic heterocycles. The summed E-state index contributed by atoms with van der Waals surface area (Å²) in [5, 5.41) is 2.34. The molecule has 0 fully saturated rings. The zero-order valence-corrected chi connectivity index (χ0v) is 11.3. The first-order chi connectivity index (χ1) is 9.27. The van der Waals surface area contributed by atoms with Crippen LogP contribution in [0.25, 0.3) is 0 Å². The molecule has 3 nitrogen and oxygen atoms in total. The van der Waals surface area contributed by atoms with Crippen LogP contribution in [-0.2, 0) is 12.6 Å². The van der Waals surface area contributed by atoms with Gasteiger partial charge in [-0.2, -0.15) is 13.2 Å². The third-order valence-electron chi connectivity index (χ3n) is 2.66. The number of nitrogen functional groups attached to an aromatic ring is 1. The van der Waals surface area contributed by atoms with Gasteiger partial charge >= 0.3 is 6.18 Å². The van der Waals surface area contributed by atoms with Crippen LogP contribution in [0, 0.1) is 6.92 Å². The Bertz CT molecular complexity index is 649. The van der Waals surface area contributed by atoms with E-state index >= 15 is 0 Å². The lowest BCUT2D eigenvalue weighted by atomic mass is 10.0. The molecule has 2 N–H and O–H groups in total. The van der Waals surface area contributed by atoms with Crippen LogP contribution in [0.2, 0.25) is 0 Å². The summed E-state index contributed by atoms with van der Waals surface area (Å²) in [6.07, 6.45) is -4.55. The number of hydrogen-bond acceptors (Lipinski definition) is 4. The molecule has 0 saturated heterocycles. The van der Waals surface area contributed by atoms with Crippen molar-refractivity contribution in [2.45, 2.75) is 19.5 Å². The van der Waals surface area contributed by atoms with Gasteiger partial charge in [-0.15, -0.1) is 11.3 Å². The Morgan fingerprint density at radius 2 is 2.10 bits per heavy atom. The highest BCUT2D eigenvalue weighted by Crippen LogP contribution is 2.31. The van der Waals surface area contributed by atoms with Crippen molar-refractivity contribution in [2.24, 2.45) is 0 Å². The highest BCUT2D eigenvalue weighted by Gasteiger charge is 2.31. The lowest BCUT2D eigenvalue weighted by molar-refractivity contribution is -0.137. The lowest BCUT2D eigenvalue weighted by Crippen LogP contribution is -2.11. The lowest BCUT2D eigenvalue weighted by Gasteiger charge is -2.10. The number of nitrogens with zero attached hydrogens (tertiary/aromatic N) is 1. The van der Waals surface area contributed by atoms with Crippen molar-refractivity contribution in [3.05, 3.63) is 45.4 Å². The number of Topliss-reactive ketones (excluding diaryl/α,β-unsaturated/α-hetero) is 1. The number of carbonyl (C=O) groups is 1. The van der Waals surface area contributed by atoms with Crippen molar-refractivity contribution in [3.63, 3.8) is 0 Å². The third kappa shape index (κ3) is 3.16. The minimum atomic E-state index is -4.50. The number of carbonyl (C=O) groups excluding carboxylic acids is 1. The first-order valence-electron chi connectivity index (χ1n) is 5.68. The zero-order valence-electron chi connectivity index (χ0n) is 10.5. The Morgan fingerprint density at radius 3 is 2.65 bits per heavy atom. The monoisotopic (exact) mass is 300 g/mol. The fraction of sp³-hybridized carbons (Fsp3) is 0.231. The highest BCUT2D eigenvalue weighted by atomic mass is 32.1. The predicted molar refractivity (Wildman–Crippen MR) is 70.7 cm³/mol. The van der Waals surface area contributed by atoms with Crippen molar-refractivity contribution in [1.82, 2.24) is 4.98 Å².